The van der Waals surface area contributed by atoms with Gasteiger partial charge in [-0.1, -0.05) is 16.8 Å². The van der Waals surface area contributed by atoms with Crippen molar-refractivity contribution < 1.29 is 0 Å². The molecule has 2 heterocycles. The number of anilines is 1. The molecule has 2 rings (SSSR count). The minimum absolute atomic E-state index is 0.477. The lowest BCUT2D eigenvalue weighted by Gasteiger charge is -2.00. The quantitative estimate of drug-likeness (QED) is 0.786. The van der Waals surface area contributed by atoms with E-state index in [2.05, 4.69) is 30.9 Å². The zero-order valence-electron chi connectivity index (χ0n) is 7.11. The van der Waals surface area contributed by atoms with E-state index in [0.717, 1.165) is 5.82 Å². The first kappa shape index (κ1) is 8.89. The SMILES string of the molecule is Clc1ccc(NCc2nn[nH]n2)nc1. The van der Waals surface area contributed by atoms with E-state index < -0.39 is 0 Å². The fourth-order valence-corrected chi connectivity index (χ4v) is 1.02. The summed E-state index contributed by atoms with van der Waals surface area (Å²) in [5.74, 6) is 1.31. The van der Waals surface area contributed by atoms with Crippen molar-refractivity contribution >= 4 is 17.4 Å². The Bertz CT molecular complexity index is 383. The van der Waals surface area contributed by atoms with Crippen LogP contribution in [-0.2, 0) is 6.54 Å². The van der Waals surface area contributed by atoms with Crippen LogP contribution in [-0.4, -0.2) is 25.6 Å². The molecular weight excluding hydrogens is 204 g/mol. The average molecular weight is 211 g/mol. The van der Waals surface area contributed by atoms with Crippen LogP contribution in [0.15, 0.2) is 18.3 Å². The Balaban J connectivity index is 1.95. The molecule has 0 aliphatic rings. The van der Waals surface area contributed by atoms with E-state index in [1.807, 2.05) is 0 Å². The normalized spacial score (nSPS) is 10.1. The van der Waals surface area contributed by atoms with Gasteiger partial charge in [-0.2, -0.15) is 5.21 Å². The summed E-state index contributed by atoms with van der Waals surface area (Å²) < 4.78 is 0. The van der Waals surface area contributed by atoms with Gasteiger partial charge >= 0.3 is 0 Å². The van der Waals surface area contributed by atoms with Crippen molar-refractivity contribution in [1.29, 1.82) is 0 Å². The van der Waals surface area contributed by atoms with Gasteiger partial charge in [-0.25, -0.2) is 4.98 Å². The van der Waals surface area contributed by atoms with Crippen molar-refractivity contribution in [1.82, 2.24) is 25.6 Å². The van der Waals surface area contributed by atoms with Gasteiger partial charge in [0.2, 0.25) is 0 Å². The van der Waals surface area contributed by atoms with Gasteiger partial charge in [0, 0.05) is 6.20 Å². The number of pyridine rings is 1. The maximum Gasteiger partial charge on any atom is 0.193 e. The number of nitrogens with one attached hydrogen (secondary N) is 2. The highest BCUT2D eigenvalue weighted by Crippen LogP contribution is 2.09. The molecule has 0 saturated heterocycles. The van der Waals surface area contributed by atoms with Crippen LogP contribution >= 0.6 is 11.6 Å². The van der Waals surface area contributed by atoms with E-state index in [9.17, 15) is 0 Å². The van der Waals surface area contributed by atoms with E-state index in [1.165, 1.54) is 0 Å². The van der Waals surface area contributed by atoms with Gasteiger partial charge in [0.1, 0.15) is 5.82 Å². The Labute approximate surface area is 84.7 Å². The van der Waals surface area contributed by atoms with Gasteiger partial charge in [0.15, 0.2) is 5.82 Å². The van der Waals surface area contributed by atoms with Crippen molar-refractivity contribution in [3.63, 3.8) is 0 Å². The largest absolute Gasteiger partial charge is 0.363 e. The molecule has 6 nitrogen and oxygen atoms in total. The molecule has 2 aromatic rings. The van der Waals surface area contributed by atoms with Crippen LogP contribution in [0.5, 0.6) is 0 Å². The number of halogens is 1. The van der Waals surface area contributed by atoms with Crippen molar-refractivity contribution in [2.75, 3.05) is 5.32 Å². The van der Waals surface area contributed by atoms with Crippen LogP contribution in [0, 0.1) is 0 Å². The van der Waals surface area contributed by atoms with E-state index in [1.54, 1.807) is 18.3 Å². The molecule has 0 amide bonds. The van der Waals surface area contributed by atoms with Crippen molar-refractivity contribution in [3.8, 4) is 0 Å². The molecule has 0 aromatic carbocycles. The Morgan fingerprint density at radius 2 is 2.36 bits per heavy atom. The zero-order valence-corrected chi connectivity index (χ0v) is 7.86. The van der Waals surface area contributed by atoms with Gasteiger partial charge in [0.25, 0.3) is 0 Å². The third kappa shape index (κ3) is 2.17. The molecule has 0 unspecified atom stereocenters. The second-order valence-corrected chi connectivity index (χ2v) is 2.98. The summed E-state index contributed by atoms with van der Waals surface area (Å²) >= 11 is 5.68. The predicted octanol–water partition coefficient (Wildman–Crippen LogP) is 0.860. The molecule has 0 bridgehead atoms. The summed E-state index contributed by atoms with van der Waals surface area (Å²) in [6.45, 7) is 0.477. The highest BCUT2D eigenvalue weighted by Gasteiger charge is 1.98. The predicted molar refractivity (Wildman–Crippen MR) is 50.8 cm³/mol. The number of tetrazole rings is 1. The first-order valence-corrected chi connectivity index (χ1v) is 4.30. The molecule has 2 aromatic heterocycles. The molecule has 0 saturated carbocycles. The van der Waals surface area contributed by atoms with Gasteiger partial charge in [-0.3, -0.25) is 0 Å². The second-order valence-electron chi connectivity index (χ2n) is 2.54. The summed E-state index contributed by atoms with van der Waals surface area (Å²) in [6, 6.07) is 3.54. The molecule has 2 N–H and O–H groups in total. The van der Waals surface area contributed by atoms with Crippen LogP contribution in [0.3, 0.4) is 0 Å². The van der Waals surface area contributed by atoms with Crippen molar-refractivity contribution in [3.05, 3.63) is 29.2 Å². The van der Waals surface area contributed by atoms with Crippen LogP contribution < -0.4 is 5.32 Å². The molecule has 0 radical (unpaired) electrons. The van der Waals surface area contributed by atoms with E-state index in [4.69, 9.17) is 11.6 Å². The zero-order chi connectivity index (χ0) is 9.80. The average Bonchev–Trinajstić information content (AvgIpc) is 2.70. The Morgan fingerprint density at radius 1 is 1.43 bits per heavy atom. The maximum absolute atomic E-state index is 5.68. The molecule has 0 aliphatic heterocycles. The molecule has 0 spiro atoms. The number of hydrogen-bond donors (Lipinski definition) is 2. The van der Waals surface area contributed by atoms with Crippen molar-refractivity contribution in [2.45, 2.75) is 6.54 Å². The van der Waals surface area contributed by atoms with Crippen molar-refractivity contribution in [2.24, 2.45) is 0 Å². The third-order valence-corrected chi connectivity index (χ3v) is 1.77. The second kappa shape index (κ2) is 4.01. The smallest absolute Gasteiger partial charge is 0.193 e. The van der Waals surface area contributed by atoms with Gasteiger partial charge < -0.3 is 5.32 Å². The van der Waals surface area contributed by atoms with Crippen LogP contribution in [0.4, 0.5) is 5.82 Å². The summed E-state index contributed by atoms with van der Waals surface area (Å²) in [4.78, 5) is 4.05. The van der Waals surface area contributed by atoms with Crippen LogP contribution in [0.2, 0.25) is 5.02 Å². The molecule has 7 heteroatoms. The highest BCUT2D eigenvalue weighted by molar-refractivity contribution is 6.30. The summed E-state index contributed by atoms with van der Waals surface area (Å²) in [5, 5.41) is 17.0. The Morgan fingerprint density at radius 3 is 3.00 bits per heavy atom. The molecule has 0 aliphatic carbocycles. The monoisotopic (exact) mass is 210 g/mol. The number of hydrogen-bond acceptors (Lipinski definition) is 5. The molecule has 72 valence electrons. The number of rotatable bonds is 3. The molecule has 14 heavy (non-hydrogen) atoms. The van der Waals surface area contributed by atoms with E-state index >= 15 is 0 Å². The number of nitrogens with zero attached hydrogens (tertiary/aromatic N) is 4. The summed E-state index contributed by atoms with van der Waals surface area (Å²) in [7, 11) is 0. The molecule has 0 fully saturated rings. The van der Waals surface area contributed by atoms with E-state index in [0.29, 0.717) is 17.4 Å². The lowest BCUT2D eigenvalue weighted by molar-refractivity contribution is 0.881. The fourth-order valence-electron chi connectivity index (χ4n) is 0.907. The Kier molecular flexibility index (Phi) is 2.55. The topological polar surface area (TPSA) is 79.4 Å². The minimum Gasteiger partial charge on any atom is -0.363 e. The fraction of sp³-hybridized carbons (Fsp3) is 0.143. The van der Waals surface area contributed by atoms with E-state index in [-0.39, 0.29) is 0 Å². The number of aromatic amines is 1. The minimum atomic E-state index is 0.477. The van der Waals surface area contributed by atoms with Crippen LogP contribution in [0.1, 0.15) is 5.82 Å². The number of H-pyrrole nitrogens is 1. The lowest BCUT2D eigenvalue weighted by Crippen LogP contribution is -2.02. The first-order valence-electron chi connectivity index (χ1n) is 3.92. The standard InChI is InChI=1S/C7H7ClN6/c8-5-1-2-6(9-3-5)10-4-7-11-13-14-12-7/h1-3H,4H2,(H,9,10)(H,11,12,13,14). The van der Waals surface area contributed by atoms with Crippen LogP contribution in [0.25, 0.3) is 0 Å². The van der Waals surface area contributed by atoms with Gasteiger partial charge in [-0.05, 0) is 12.1 Å². The third-order valence-electron chi connectivity index (χ3n) is 1.54. The summed E-state index contributed by atoms with van der Waals surface area (Å²) in [6.07, 6.45) is 1.57. The first-order chi connectivity index (χ1) is 6.84. The summed E-state index contributed by atoms with van der Waals surface area (Å²) in [5.41, 5.74) is 0. The molecule has 0 atom stereocenters. The Hall–Kier alpha value is -1.69. The highest BCUT2D eigenvalue weighted by atomic mass is 35.5. The van der Waals surface area contributed by atoms with Gasteiger partial charge in [-0.15, -0.1) is 10.2 Å². The lowest BCUT2D eigenvalue weighted by atomic mass is 10.4. The van der Waals surface area contributed by atoms with Gasteiger partial charge in [0.05, 0.1) is 11.6 Å². The molecular formula is C7H7ClN6. The number of aromatic nitrogens is 5. The maximum atomic E-state index is 5.68.